The number of amides is 1. The molecule has 0 aromatic carbocycles. The van der Waals surface area contributed by atoms with Crippen LogP contribution < -0.4 is 0 Å². The van der Waals surface area contributed by atoms with Gasteiger partial charge in [-0.3, -0.25) is 4.79 Å². The Hall–Kier alpha value is -1.10. The van der Waals surface area contributed by atoms with Gasteiger partial charge in [-0.15, -0.1) is 0 Å². The molecule has 0 bridgehead atoms. The molecular weight excluding hydrogens is 234 g/mol. The van der Waals surface area contributed by atoms with Crippen molar-refractivity contribution in [3.8, 4) is 0 Å². The predicted molar refractivity (Wildman–Crippen MR) is 65.0 cm³/mol. The molecule has 102 valence electrons. The summed E-state index contributed by atoms with van der Waals surface area (Å²) in [5, 5.41) is 9.13. The number of carboxylic acid groups (broad SMARTS) is 1. The highest BCUT2D eigenvalue weighted by molar-refractivity contribution is 5.86. The van der Waals surface area contributed by atoms with Crippen molar-refractivity contribution in [2.75, 3.05) is 6.54 Å². The smallest absolute Gasteiger partial charge is 0.326 e. The van der Waals surface area contributed by atoms with Gasteiger partial charge in [0.2, 0.25) is 5.91 Å². The summed E-state index contributed by atoms with van der Waals surface area (Å²) in [4.78, 5) is 25.2. The molecule has 0 saturated carbocycles. The molecule has 1 amide bonds. The molecule has 2 fully saturated rings. The molecule has 18 heavy (non-hydrogen) atoms. The van der Waals surface area contributed by atoms with Gasteiger partial charge in [-0.05, 0) is 32.6 Å². The highest BCUT2D eigenvalue weighted by atomic mass is 16.5. The van der Waals surface area contributed by atoms with E-state index >= 15 is 0 Å². The summed E-state index contributed by atoms with van der Waals surface area (Å²) in [6, 6.07) is -0.646. The van der Waals surface area contributed by atoms with Gasteiger partial charge in [-0.2, -0.15) is 0 Å². The van der Waals surface area contributed by atoms with Crippen LogP contribution in [0.3, 0.4) is 0 Å². The molecule has 2 heterocycles. The van der Waals surface area contributed by atoms with E-state index in [0.717, 1.165) is 6.42 Å². The van der Waals surface area contributed by atoms with E-state index in [1.165, 1.54) is 4.90 Å². The molecule has 5 nitrogen and oxygen atoms in total. The minimum Gasteiger partial charge on any atom is -0.480 e. The molecular formula is C13H21NO4. The van der Waals surface area contributed by atoms with E-state index in [2.05, 4.69) is 0 Å². The van der Waals surface area contributed by atoms with Crippen LogP contribution in [-0.4, -0.2) is 46.7 Å². The van der Waals surface area contributed by atoms with Crippen LogP contribution in [0.4, 0.5) is 0 Å². The van der Waals surface area contributed by atoms with Crippen molar-refractivity contribution in [2.24, 2.45) is 11.8 Å². The van der Waals surface area contributed by atoms with E-state index in [4.69, 9.17) is 9.84 Å². The van der Waals surface area contributed by atoms with Crippen molar-refractivity contribution >= 4 is 11.9 Å². The number of rotatable bonds is 2. The number of ether oxygens (including phenoxy) is 1. The minimum atomic E-state index is -0.895. The summed E-state index contributed by atoms with van der Waals surface area (Å²) >= 11 is 0. The van der Waals surface area contributed by atoms with E-state index < -0.39 is 12.0 Å². The quantitative estimate of drug-likeness (QED) is 0.803. The summed E-state index contributed by atoms with van der Waals surface area (Å²) in [7, 11) is 0. The van der Waals surface area contributed by atoms with Crippen LogP contribution in [0.2, 0.25) is 0 Å². The topological polar surface area (TPSA) is 66.8 Å². The first-order chi connectivity index (χ1) is 8.43. The molecule has 1 N–H and O–H groups in total. The molecule has 0 aliphatic carbocycles. The normalized spacial score (nSPS) is 40.2. The third kappa shape index (κ3) is 2.11. The van der Waals surface area contributed by atoms with Gasteiger partial charge in [0.1, 0.15) is 6.04 Å². The first-order valence-electron chi connectivity index (χ1n) is 6.62. The van der Waals surface area contributed by atoms with Gasteiger partial charge in [-0.1, -0.05) is 6.92 Å². The zero-order valence-corrected chi connectivity index (χ0v) is 11.1. The van der Waals surface area contributed by atoms with Crippen molar-refractivity contribution < 1.29 is 19.4 Å². The van der Waals surface area contributed by atoms with Gasteiger partial charge in [0.25, 0.3) is 0 Å². The SMILES string of the molecule is CC1OC(C)C(C(=O)N2CCCC2C(=O)O)C1C. The molecule has 2 rings (SSSR count). The Bertz CT molecular complexity index is 357. The standard InChI is InChI=1S/C13H21NO4/c1-7-8(2)18-9(3)11(7)12(15)14-6-4-5-10(14)13(16)17/h7-11H,4-6H2,1-3H3,(H,16,17). The number of nitrogens with zero attached hydrogens (tertiary/aromatic N) is 1. The van der Waals surface area contributed by atoms with Crippen LogP contribution >= 0.6 is 0 Å². The first kappa shape index (κ1) is 13.3. The summed E-state index contributed by atoms with van der Waals surface area (Å²) in [5.74, 6) is -1.01. The van der Waals surface area contributed by atoms with Crippen molar-refractivity contribution in [2.45, 2.75) is 51.9 Å². The summed E-state index contributed by atoms with van der Waals surface area (Å²) < 4.78 is 5.67. The summed E-state index contributed by atoms with van der Waals surface area (Å²) in [6.07, 6.45) is 1.26. The van der Waals surface area contributed by atoms with Gasteiger partial charge in [0, 0.05) is 6.54 Å². The molecule has 0 aromatic heterocycles. The highest BCUT2D eigenvalue weighted by Gasteiger charge is 2.46. The first-order valence-corrected chi connectivity index (χ1v) is 6.62. The van der Waals surface area contributed by atoms with Gasteiger partial charge in [0.15, 0.2) is 0 Å². The third-order valence-electron chi connectivity index (χ3n) is 4.35. The van der Waals surface area contributed by atoms with E-state index in [1.807, 2.05) is 20.8 Å². The fourth-order valence-electron chi connectivity index (χ4n) is 3.17. The van der Waals surface area contributed by atoms with E-state index in [9.17, 15) is 9.59 Å². The Labute approximate surface area is 107 Å². The van der Waals surface area contributed by atoms with Crippen LogP contribution in [0.25, 0.3) is 0 Å². The lowest BCUT2D eigenvalue weighted by molar-refractivity contribution is -0.151. The molecule has 0 aromatic rings. The lowest BCUT2D eigenvalue weighted by atomic mass is 9.88. The Morgan fingerprint density at radius 1 is 1.22 bits per heavy atom. The monoisotopic (exact) mass is 255 g/mol. The van der Waals surface area contributed by atoms with Gasteiger partial charge in [0.05, 0.1) is 18.1 Å². The Balaban J connectivity index is 2.14. The molecule has 5 atom stereocenters. The molecule has 5 heteroatoms. The van der Waals surface area contributed by atoms with Crippen molar-refractivity contribution in [3.05, 3.63) is 0 Å². The largest absolute Gasteiger partial charge is 0.480 e. The lowest BCUT2D eigenvalue weighted by Crippen LogP contribution is -2.46. The average Bonchev–Trinajstić information content (AvgIpc) is 2.85. The fraction of sp³-hybridized carbons (Fsp3) is 0.846. The maximum atomic E-state index is 12.5. The average molecular weight is 255 g/mol. The zero-order chi connectivity index (χ0) is 13.4. The third-order valence-corrected chi connectivity index (χ3v) is 4.35. The van der Waals surface area contributed by atoms with E-state index in [-0.39, 0.29) is 30.0 Å². The maximum absolute atomic E-state index is 12.5. The van der Waals surface area contributed by atoms with Gasteiger partial charge >= 0.3 is 5.97 Å². The number of carbonyl (C=O) groups excluding carboxylic acids is 1. The number of hydrogen-bond donors (Lipinski definition) is 1. The summed E-state index contributed by atoms with van der Waals surface area (Å²) in [6.45, 7) is 6.42. The lowest BCUT2D eigenvalue weighted by Gasteiger charge is -2.27. The molecule has 0 radical (unpaired) electrons. The van der Waals surface area contributed by atoms with E-state index in [1.54, 1.807) is 0 Å². The van der Waals surface area contributed by atoms with E-state index in [0.29, 0.717) is 13.0 Å². The molecule has 0 spiro atoms. The van der Waals surface area contributed by atoms with Gasteiger partial charge < -0.3 is 14.7 Å². The van der Waals surface area contributed by atoms with Crippen LogP contribution in [0.15, 0.2) is 0 Å². The number of hydrogen-bond acceptors (Lipinski definition) is 3. The molecule has 2 saturated heterocycles. The van der Waals surface area contributed by atoms with Crippen LogP contribution in [-0.2, 0) is 14.3 Å². The minimum absolute atomic E-state index is 0.0516. The number of likely N-dealkylation sites (tertiary alicyclic amines) is 1. The second-order valence-electron chi connectivity index (χ2n) is 5.46. The number of aliphatic carboxylic acids is 1. The zero-order valence-electron chi connectivity index (χ0n) is 11.1. The Morgan fingerprint density at radius 2 is 1.89 bits per heavy atom. The highest BCUT2D eigenvalue weighted by Crippen LogP contribution is 2.35. The Morgan fingerprint density at radius 3 is 2.39 bits per heavy atom. The number of carboxylic acids is 1. The maximum Gasteiger partial charge on any atom is 0.326 e. The second-order valence-corrected chi connectivity index (χ2v) is 5.46. The predicted octanol–water partition coefficient (Wildman–Crippen LogP) is 1.12. The second kappa shape index (κ2) is 4.88. The van der Waals surface area contributed by atoms with Gasteiger partial charge in [-0.25, -0.2) is 4.79 Å². The Kier molecular flexibility index (Phi) is 3.61. The molecule has 2 aliphatic heterocycles. The fourth-order valence-corrected chi connectivity index (χ4v) is 3.17. The van der Waals surface area contributed by atoms with Crippen molar-refractivity contribution in [1.29, 1.82) is 0 Å². The molecule has 2 aliphatic rings. The summed E-state index contributed by atoms with van der Waals surface area (Å²) in [5.41, 5.74) is 0. The van der Waals surface area contributed by atoms with Crippen LogP contribution in [0.1, 0.15) is 33.6 Å². The number of carbonyl (C=O) groups is 2. The van der Waals surface area contributed by atoms with Crippen LogP contribution in [0.5, 0.6) is 0 Å². The van der Waals surface area contributed by atoms with Crippen molar-refractivity contribution in [3.63, 3.8) is 0 Å². The van der Waals surface area contributed by atoms with Crippen LogP contribution in [0, 0.1) is 11.8 Å². The van der Waals surface area contributed by atoms with Crippen molar-refractivity contribution in [1.82, 2.24) is 4.90 Å². The molecule has 5 unspecified atom stereocenters.